The molecule has 1 aromatic heterocycles. The summed E-state index contributed by atoms with van der Waals surface area (Å²) < 4.78 is 5.18. The highest BCUT2D eigenvalue weighted by atomic mass is 16.5. The Kier molecular flexibility index (Phi) is 4.32. The fourth-order valence-electron chi connectivity index (χ4n) is 1.16. The van der Waals surface area contributed by atoms with E-state index >= 15 is 0 Å². The largest absolute Gasteiger partial charge is 0.477 e. The molecule has 0 amide bonds. The van der Waals surface area contributed by atoms with E-state index in [0.29, 0.717) is 18.9 Å². The maximum Gasteiger partial charge on any atom is 0.233 e. The van der Waals surface area contributed by atoms with Gasteiger partial charge in [0.1, 0.15) is 0 Å². The van der Waals surface area contributed by atoms with E-state index in [1.165, 1.54) is 0 Å². The van der Waals surface area contributed by atoms with E-state index in [0.717, 1.165) is 5.69 Å². The van der Waals surface area contributed by atoms with Gasteiger partial charge in [-0.05, 0) is 19.4 Å². The van der Waals surface area contributed by atoms with Gasteiger partial charge in [0, 0.05) is 18.6 Å². The molecule has 0 fully saturated rings. The van der Waals surface area contributed by atoms with Crippen molar-refractivity contribution in [3.8, 4) is 5.88 Å². The minimum atomic E-state index is 0.177. The van der Waals surface area contributed by atoms with Gasteiger partial charge < -0.3 is 9.84 Å². The van der Waals surface area contributed by atoms with Gasteiger partial charge in [-0.1, -0.05) is 6.92 Å². The Morgan fingerprint density at radius 2 is 2.21 bits per heavy atom. The average Bonchev–Trinajstić information content (AvgIpc) is 2.20. The first-order valence-corrected chi connectivity index (χ1v) is 4.85. The zero-order valence-electron chi connectivity index (χ0n) is 8.60. The fourth-order valence-corrected chi connectivity index (χ4v) is 1.16. The molecular weight excluding hydrogens is 180 g/mol. The molecule has 0 aliphatic heterocycles. The first-order valence-electron chi connectivity index (χ1n) is 4.85. The van der Waals surface area contributed by atoms with Crippen LogP contribution < -0.4 is 4.74 Å². The second kappa shape index (κ2) is 5.54. The smallest absolute Gasteiger partial charge is 0.233 e. The molecule has 0 aliphatic rings. The van der Waals surface area contributed by atoms with Gasteiger partial charge >= 0.3 is 0 Å². The van der Waals surface area contributed by atoms with Crippen LogP contribution in [0.4, 0.5) is 0 Å². The molecule has 1 aromatic rings. The van der Waals surface area contributed by atoms with E-state index < -0.39 is 0 Å². The lowest BCUT2D eigenvalue weighted by atomic mass is 10.0. The summed E-state index contributed by atoms with van der Waals surface area (Å²) in [5.74, 6) is 0.788. The summed E-state index contributed by atoms with van der Waals surface area (Å²) >= 11 is 0. The molecule has 4 heteroatoms. The quantitative estimate of drug-likeness (QED) is 0.772. The number of rotatable bonds is 5. The molecule has 1 heterocycles. The molecule has 1 rings (SSSR count). The normalized spacial score (nSPS) is 12.5. The van der Waals surface area contributed by atoms with Gasteiger partial charge in [0.15, 0.2) is 0 Å². The first kappa shape index (κ1) is 10.9. The van der Waals surface area contributed by atoms with Gasteiger partial charge in [0.05, 0.1) is 12.3 Å². The van der Waals surface area contributed by atoms with Gasteiger partial charge in [-0.25, -0.2) is 0 Å². The molecule has 1 unspecified atom stereocenters. The number of hydrogen-bond acceptors (Lipinski definition) is 4. The van der Waals surface area contributed by atoms with Gasteiger partial charge in [-0.2, -0.15) is 5.10 Å². The monoisotopic (exact) mass is 196 g/mol. The molecule has 1 atom stereocenters. The van der Waals surface area contributed by atoms with Crippen LogP contribution in [0.5, 0.6) is 5.88 Å². The van der Waals surface area contributed by atoms with Crippen molar-refractivity contribution >= 4 is 0 Å². The Bertz CT molecular complexity index is 261. The number of aliphatic hydroxyl groups is 1. The van der Waals surface area contributed by atoms with Gasteiger partial charge in [0.2, 0.25) is 5.88 Å². The molecular formula is C10H16N2O2. The standard InChI is InChI=1S/C10H16N2O2/c1-3-14-10-5-4-9(11-12-10)8(2)6-7-13/h4-5,8,13H,3,6-7H2,1-2H3. The van der Waals surface area contributed by atoms with Crippen molar-refractivity contribution in [2.24, 2.45) is 0 Å². The second-order valence-electron chi connectivity index (χ2n) is 3.14. The molecule has 0 bridgehead atoms. The van der Waals surface area contributed by atoms with Gasteiger partial charge in [-0.3, -0.25) is 0 Å². The fraction of sp³-hybridized carbons (Fsp3) is 0.600. The van der Waals surface area contributed by atoms with Crippen molar-refractivity contribution in [3.05, 3.63) is 17.8 Å². The van der Waals surface area contributed by atoms with Crippen LogP contribution in [0.2, 0.25) is 0 Å². The first-order chi connectivity index (χ1) is 6.77. The number of aromatic nitrogens is 2. The Morgan fingerprint density at radius 1 is 1.43 bits per heavy atom. The Hall–Kier alpha value is -1.16. The van der Waals surface area contributed by atoms with E-state index in [1.54, 1.807) is 6.07 Å². The summed E-state index contributed by atoms with van der Waals surface area (Å²) in [5, 5.41) is 16.7. The van der Waals surface area contributed by atoms with Crippen LogP contribution in [0.3, 0.4) is 0 Å². The minimum Gasteiger partial charge on any atom is -0.477 e. The third-order valence-electron chi connectivity index (χ3n) is 2.02. The minimum absolute atomic E-state index is 0.177. The van der Waals surface area contributed by atoms with E-state index in [2.05, 4.69) is 10.2 Å². The van der Waals surface area contributed by atoms with E-state index in [1.807, 2.05) is 19.9 Å². The second-order valence-corrected chi connectivity index (χ2v) is 3.14. The SMILES string of the molecule is CCOc1ccc(C(C)CCO)nn1. The molecule has 1 N–H and O–H groups in total. The summed E-state index contributed by atoms with van der Waals surface area (Å²) in [7, 11) is 0. The van der Waals surface area contributed by atoms with Crippen LogP contribution in [0, 0.1) is 0 Å². The zero-order valence-corrected chi connectivity index (χ0v) is 8.60. The lowest BCUT2D eigenvalue weighted by Gasteiger charge is -2.08. The lowest BCUT2D eigenvalue weighted by Crippen LogP contribution is -2.03. The summed E-state index contributed by atoms with van der Waals surface area (Å²) in [6.07, 6.45) is 0.711. The summed E-state index contributed by atoms with van der Waals surface area (Å²) in [6, 6.07) is 3.69. The highest BCUT2D eigenvalue weighted by Crippen LogP contribution is 2.16. The van der Waals surface area contributed by atoms with Crippen molar-refractivity contribution in [2.75, 3.05) is 13.2 Å². The van der Waals surface area contributed by atoms with Crippen LogP contribution in [-0.2, 0) is 0 Å². The van der Waals surface area contributed by atoms with Crippen LogP contribution in [0.1, 0.15) is 31.9 Å². The topological polar surface area (TPSA) is 55.2 Å². The van der Waals surface area contributed by atoms with E-state index in [-0.39, 0.29) is 12.5 Å². The van der Waals surface area contributed by atoms with Crippen LogP contribution in [0.15, 0.2) is 12.1 Å². The molecule has 78 valence electrons. The number of hydrogen-bond donors (Lipinski definition) is 1. The molecule has 14 heavy (non-hydrogen) atoms. The van der Waals surface area contributed by atoms with Crippen molar-refractivity contribution in [1.82, 2.24) is 10.2 Å². The highest BCUT2D eigenvalue weighted by Gasteiger charge is 2.06. The molecule has 0 saturated carbocycles. The molecule has 0 spiro atoms. The van der Waals surface area contributed by atoms with Crippen LogP contribution in [0.25, 0.3) is 0 Å². The van der Waals surface area contributed by atoms with Crippen molar-refractivity contribution in [2.45, 2.75) is 26.2 Å². The number of nitrogens with zero attached hydrogens (tertiary/aromatic N) is 2. The molecule has 4 nitrogen and oxygen atoms in total. The Balaban J connectivity index is 2.62. The Labute approximate surface area is 83.9 Å². The summed E-state index contributed by atoms with van der Waals surface area (Å²) in [4.78, 5) is 0. The predicted molar refractivity (Wildman–Crippen MR) is 53.3 cm³/mol. The number of aliphatic hydroxyl groups excluding tert-OH is 1. The molecule has 0 aliphatic carbocycles. The van der Waals surface area contributed by atoms with Crippen LogP contribution >= 0.6 is 0 Å². The third-order valence-corrected chi connectivity index (χ3v) is 2.02. The summed E-state index contributed by atoms with van der Waals surface area (Å²) in [6.45, 7) is 4.70. The van der Waals surface area contributed by atoms with Gasteiger partial charge in [-0.15, -0.1) is 5.10 Å². The molecule has 0 radical (unpaired) electrons. The van der Waals surface area contributed by atoms with E-state index in [9.17, 15) is 0 Å². The van der Waals surface area contributed by atoms with Crippen molar-refractivity contribution in [1.29, 1.82) is 0 Å². The van der Waals surface area contributed by atoms with Crippen molar-refractivity contribution < 1.29 is 9.84 Å². The van der Waals surface area contributed by atoms with Crippen molar-refractivity contribution in [3.63, 3.8) is 0 Å². The highest BCUT2D eigenvalue weighted by molar-refractivity contribution is 5.13. The van der Waals surface area contributed by atoms with Gasteiger partial charge in [0.25, 0.3) is 0 Å². The third kappa shape index (κ3) is 2.96. The van der Waals surface area contributed by atoms with Crippen LogP contribution in [-0.4, -0.2) is 28.5 Å². The Morgan fingerprint density at radius 3 is 2.71 bits per heavy atom. The number of ether oxygens (including phenoxy) is 1. The predicted octanol–water partition coefficient (Wildman–Crippen LogP) is 1.36. The van der Waals surface area contributed by atoms with E-state index in [4.69, 9.17) is 9.84 Å². The average molecular weight is 196 g/mol. The lowest BCUT2D eigenvalue weighted by molar-refractivity contribution is 0.277. The summed E-state index contributed by atoms with van der Waals surface area (Å²) in [5.41, 5.74) is 0.891. The molecule has 0 saturated heterocycles. The maximum absolute atomic E-state index is 8.76. The maximum atomic E-state index is 8.76. The zero-order chi connectivity index (χ0) is 10.4. The molecule has 0 aromatic carbocycles.